The summed E-state index contributed by atoms with van der Waals surface area (Å²) < 4.78 is 5.53. The van der Waals surface area contributed by atoms with Gasteiger partial charge in [0.15, 0.2) is 5.12 Å². The molecule has 43 heavy (non-hydrogen) atoms. The molecule has 0 radical (unpaired) electrons. The van der Waals surface area contributed by atoms with Crippen LogP contribution in [0.15, 0.2) is 0 Å². The van der Waals surface area contributed by atoms with E-state index >= 15 is 0 Å². The Morgan fingerprint density at radius 3 is 1.28 bits per heavy atom. The van der Waals surface area contributed by atoms with Crippen LogP contribution < -0.4 is 5.73 Å². The number of hydrogen-bond donors (Lipinski definition) is 1. The number of nitrogens with two attached hydrogens (primary N) is 1. The molecule has 258 valence electrons. The van der Waals surface area contributed by atoms with E-state index in [1.165, 1.54) is 159 Å². The van der Waals surface area contributed by atoms with Gasteiger partial charge in [0.2, 0.25) is 0 Å². The van der Waals surface area contributed by atoms with Crippen molar-refractivity contribution in [2.45, 2.75) is 174 Å². The van der Waals surface area contributed by atoms with Crippen molar-refractivity contribution < 1.29 is 14.3 Å². The molecule has 8 heteroatoms. The van der Waals surface area contributed by atoms with E-state index in [-0.39, 0.29) is 36.1 Å². The van der Waals surface area contributed by atoms with Gasteiger partial charge in [-0.05, 0) is 24.3 Å². The fourth-order valence-corrected chi connectivity index (χ4v) is 7.66. The van der Waals surface area contributed by atoms with Crippen LogP contribution in [0.5, 0.6) is 0 Å². The van der Waals surface area contributed by atoms with Crippen molar-refractivity contribution in [3.63, 3.8) is 0 Å². The SMILES string of the molecule is CCCCCCCCCCCCCCSCC(=O)OC(CN)CSC(=O)CSCCCCCCCCCCCCCC.Cl. The van der Waals surface area contributed by atoms with E-state index < -0.39 is 0 Å². The lowest BCUT2D eigenvalue weighted by molar-refractivity contribution is -0.144. The molecular formula is C35H70ClNO3S3. The first-order chi connectivity index (χ1) is 20.6. The summed E-state index contributed by atoms with van der Waals surface area (Å²) in [5, 5.41) is 0.162. The quantitative estimate of drug-likeness (QED) is 0.0534. The number of carbonyl (C=O) groups is 2. The molecule has 0 aromatic carbocycles. The minimum absolute atomic E-state index is 0. The fourth-order valence-electron chi connectivity index (χ4n) is 5.00. The molecule has 0 aliphatic rings. The molecule has 1 unspecified atom stereocenters. The molecule has 0 fully saturated rings. The van der Waals surface area contributed by atoms with Gasteiger partial charge in [-0.2, -0.15) is 23.5 Å². The molecule has 0 saturated carbocycles. The molecule has 2 N–H and O–H groups in total. The van der Waals surface area contributed by atoms with E-state index in [0.29, 0.717) is 17.3 Å². The highest BCUT2D eigenvalue weighted by atomic mass is 35.5. The predicted molar refractivity (Wildman–Crippen MR) is 200 cm³/mol. The van der Waals surface area contributed by atoms with Gasteiger partial charge in [0.25, 0.3) is 0 Å². The smallest absolute Gasteiger partial charge is 0.316 e. The molecule has 4 nitrogen and oxygen atoms in total. The van der Waals surface area contributed by atoms with Gasteiger partial charge in [-0.1, -0.05) is 167 Å². The second-order valence-corrected chi connectivity index (χ2v) is 15.2. The average Bonchev–Trinajstić information content (AvgIpc) is 2.99. The number of halogens is 1. The number of carbonyl (C=O) groups excluding carboxylic acids is 2. The Morgan fingerprint density at radius 1 is 0.558 bits per heavy atom. The van der Waals surface area contributed by atoms with Gasteiger partial charge in [0.1, 0.15) is 6.10 Å². The summed E-state index contributed by atoms with van der Waals surface area (Å²) in [5.41, 5.74) is 5.80. The van der Waals surface area contributed by atoms with E-state index in [9.17, 15) is 9.59 Å². The van der Waals surface area contributed by atoms with Crippen molar-refractivity contribution >= 4 is 58.8 Å². The molecule has 0 aliphatic carbocycles. The zero-order chi connectivity index (χ0) is 30.8. The van der Waals surface area contributed by atoms with Crippen LogP contribution in [0.1, 0.15) is 168 Å². The highest BCUT2D eigenvalue weighted by Gasteiger charge is 2.15. The summed E-state index contributed by atoms with van der Waals surface area (Å²) in [4.78, 5) is 24.4. The second kappa shape index (κ2) is 38.6. The van der Waals surface area contributed by atoms with E-state index in [4.69, 9.17) is 10.5 Å². The molecule has 0 saturated heterocycles. The molecule has 0 amide bonds. The van der Waals surface area contributed by atoms with Gasteiger partial charge in [0, 0.05) is 12.3 Å². The van der Waals surface area contributed by atoms with Crippen molar-refractivity contribution in [1.29, 1.82) is 0 Å². The van der Waals surface area contributed by atoms with E-state index in [0.717, 1.165) is 17.9 Å². The third-order valence-electron chi connectivity index (χ3n) is 7.72. The molecule has 0 heterocycles. The first-order valence-corrected chi connectivity index (χ1v) is 21.1. The highest BCUT2D eigenvalue weighted by molar-refractivity contribution is 8.15. The minimum Gasteiger partial charge on any atom is -0.460 e. The van der Waals surface area contributed by atoms with Gasteiger partial charge < -0.3 is 10.5 Å². The molecule has 0 aliphatic heterocycles. The normalized spacial score (nSPS) is 11.8. The zero-order valence-electron chi connectivity index (χ0n) is 28.2. The summed E-state index contributed by atoms with van der Waals surface area (Å²) in [6.07, 6.45) is 32.1. The van der Waals surface area contributed by atoms with Crippen molar-refractivity contribution in [3.05, 3.63) is 0 Å². The lowest BCUT2D eigenvalue weighted by Gasteiger charge is -2.15. The summed E-state index contributed by atoms with van der Waals surface area (Å²) in [7, 11) is 0. The Labute approximate surface area is 286 Å². The summed E-state index contributed by atoms with van der Waals surface area (Å²) >= 11 is 4.64. The second-order valence-electron chi connectivity index (χ2n) is 11.9. The van der Waals surface area contributed by atoms with Gasteiger partial charge >= 0.3 is 5.97 Å². The van der Waals surface area contributed by atoms with Crippen LogP contribution in [0.3, 0.4) is 0 Å². The third-order valence-corrected chi connectivity index (χ3v) is 11.0. The van der Waals surface area contributed by atoms with Crippen LogP contribution >= 0.6 is 47.7 Å². The van der Waals surface area contributed by atoms with Crippen LogP contribution in [-0.4, -0.2) is 52.5 Å². The predicted octanol–water partition coefficient (Wildman–Crippen LogP) is 11.4. The Kier molecular flexibility index (Phi) is 40.9. The van der Waals surface area contributed by atoms with Crippen molar-refractivity contribution in [3.8, 4) is 0 Å². The number of esters is 1. The first kappa shape index (κ1) is 45.6. The largest absolute Gasteiger partial charge is 0.460 e. The van der Waals surface area contributed by atoms with Gasteiger partial charge in [-0.25, -0.2) is 0 Å². The van der Waals surface area contributed by atoms with Crippen LogP contribution in [0.4, 0.5) is 0 Å². The molecule has 0 bridgehead atoms. The fraction of sp³-hybridized carbons (Fsp3) is 0.943. The number of unbranched alkanes of at least 4 members (excludes halogenated alkanes) is 22. The maximum absolute atomic E-state index is 12.2. The van der Waals surface area contributed by atoms with Gasteiger partial charge in [-0.15, -0.1) is 12.4 Å². The maximum atomic E-state index is 12.2. The van der Waals surface area contributed by atoms with Crippen LogP contribution in [0.2, 0.25) is 0 Å². The molecule has 1 atom stereocenters. The van der Waals surface area contributed by atoms with E-state index in [1.54, 1.807) is 23.5 Å². The zero-order valence-corrected chi connectivity index (χ0v) is 31.5. The van der Waals surface area contributed by atoms with Gasteiger partial charge in [-0.3, -0.25) is 9.59 Å². The van der Waals surface area contributed by atoms with Crippen molar-refractivity contribution in [2.75, 3.05) is 35.3 Å². The summed E-state index contributed by atoms with van der Waals surface area (Å²) in [5.74, 6) is 3.22. The summed E-state index contributed by atoms with van der Waals surface area (Å²) in [6.45, 7) is 4.81. The van der Waals surface area contributed by atoms with E-state index in [2.05, 4.69) is 13.8 Å². The lowest BCUT2D eigenvalue weighted by Crippen LogP contribution is -2.30. The number of rotatable bonds is 34. The van der Waals surface area contributed by atoms with Gasteiger partial charge in [0.05, 0.1) is 11.5 Å². The summed E-state index contributed by atoms with van der Waals surface area (Å²) in [6, 6.07) is 0. The lowest BCUT2D eigenvalue weighted by atomic mass is 10.1. The molecular weight excluding hydrogens is 614 g/mol. The average molecular weight is 685 g/mol. The van der Waals surface area contributed by atoms with E-state index in [1.807, 2.05) is 0 Å². The maximum Gasteiger partial charge on any atom is 0.316 e. The molecule has 0 aromatic rings. The molecule has 0 spiro atoms. The Balaban J connectivity index is 0. The number of hydrogen-bond acceptors (Lipinski definition) is 7. The third kappa shape index (κ3) is 36.8. The van der Waals surface area contributed by atoms with Crippen molar-refractivity contribution in [2.24, 2.45) is 5.73 Å². The Morgan fingerprint density at radius 2 is 0.907 bits per heavy atom. The minimum atomic E-state index is -0.375. The first-order valence-electron chi connectivity index (χ1n) is 17.8. The topological polar surface area (TPSA) is 69.4 Å². The monoisotopic (exact) mass is 683 g/mol. The number of thioether (sulfide) groups is 3. The van der Waals surface area contributed by atoms with Crippen molar-refractivity contribution in [1.82, 2.24) is 0 Å². The number of ether oxygens (including phenoxy) is 1. The van der Waals surface area contributed by atoms with Crippen LogP contribution in [0.25, 0.3) is 0 Å². The Bertz CT molecular complexity index is 587. The standard InChI is InChI=1S/C35H69NO3S3.ClH/c1-3-5-7-9-11-13-15-17-19-21-23-25-27-40-31-34(37)39-33(29-36)30-42-35(38)32-41-28-26-24-22-20-18-16-14-12-10-8-6-4-2;/h33H,3-32,36H2,1-2H3;1H. The van der Waals surface area contributed by atoms with Crippen LogP contribution in [0, 0.1) is 0 Å². The highest BCUT2D eigenvalue weighted by Crippen LogP contribution is 2.17. The molecule has 0 rings (SSSR count). The molecule has 0 aromatic heterocycles. The Hall–Kier alpha value is 0.440. The van der Waals surface area contributed by atoms with Crippen LogP contribution in [-0.2, 0) is 14.3 Å².